The minimum Gasteiger partial charge on any atom is -0.490 e. The fourth-order valence-corrected chi connectivity index (χ4v) is 2.08. The molecule has 130 valence electrons. The van der Waals surface area contributed by atoms with Crippen LogP contribution in [0.3, 0.4) is 0 Å². The molecule has 0 bridgehead atoms. The molecule has 0 fully saturated rings. The van der Waals surface area contributed by atoms with E-state index >= 15 is 0 Å². The molecule has 4 nitrogen and oxygen atoms in total. The van der Waals surface area contributed by atoms with E-state index < -0.39 is 0 Å². The van der Waals surface area contributed by atoms with Gasteiger partial charge in [0.05, 0.1) is 12.6 Å². The number of nitrogens with one attached hydrogen (secondary N) is 1. The summed E-state index contributed by atoms with van der Waals surface area (Å²) >= 11 is 0. The second kappa shape index (κ2) is 10.2. The number of halogens is 1. The Morgan fingerprint density at radius 1 is 1.21 bits per heavy atom. The summed E-state index contributed by atoms with van der Waals surface area (Å²) in [7, 11) is 0. The average molecular weight is 439 g/mol. The molecule has 0 spiro atoms. The first-order chi connectivity index (χ1) is 11.1. The zero-order chi connectivity index (χ0) is 16.7. The molecule has 3 N–H and O–H groups in total. The normalized spacial score (nSPS) is 12.2. The van der Waals surface area contributed by atoms with Crippen LogP contribution in [-0.2, 0) is 6.54 Å². The van der Waals surface area contributed by atoms with E-state index in [1.54, 1.807) is 0 Å². The van der Waals surface area contributed by atoms with Gasteiger partial charge in [-0.2, -0.15) is 0 Å². The standard InChI is InChI=1S/C19H25N3O.HI/c1-4-15(3)23-18-12-14(2)10-11-16(18)13-21-19(20)22-17-8-6-5-7-9-17;/h5-12,15H,4,13H2,1-3H3,(H3,20,21,22);1H. The predicted molar refractivity (Wildman–Crippen MR) is 112 cm³/mol. The van der Waals surface area contributed by atoms with Crippen LogP contribution in [-0.4, -0.2) is 12.1 Å². The van der Waals surface area contributed by atoms with Gasteiger partial charge in [0.25, 0.3) is 0 Å². The van der Waals surface area contributed by atoms with Crippen molar-refractivity contribution in [3.63, 3.8) is 0 Å². The van der Waals surface area contributed by atoms with Gasteiger partial charge in [-0.25, -0.2) is 4.99 Å². The van der Waals surface area contributed by atoms with Crippen molar-refractivity contribution in [2.45, 2.75) is 39.8 Å². The Hall–Kier alpha value is -1.76. The summed E-state index contributed by atoms with van der Waals surface area (Å²) in [5, 5.41) is 3.08. The van der Waals surface area contributed by atoms with Crippen LogP contribution in [0, 0.1) is 6.92 Å². The van der Waals surface area contributed by atoms with Gasteiger partial charge in [-0.1, -0.05) is 37.3 Å². The molecule has 2 rings (SSSR count). The number of benzene rings is 2. The number of aliphatic imine (C=N–C) groups is 1. The maximum Gasteiger partial charge on any atom is 0.193 e. The van der Waals surface area contributed by atoms with Gasteiger partial charge in [-0.15, -0.1) is 24.0 Å². The molecule has 0 amide bonds. The van der Waals surface area contributed by atoms with Crippen molar-refractivity contribution < 1.29 is 4.74 Å². The third-order valence-electron chi connectivity index (χ3n) is 3.59. The molecule has 0 saturated heterocycles. The van der Waals surface area contributed by atoms with Gasteiger partial charge >= 0.3 is 0 Å². The highest BCUT2D eigenvalue weighted by Gasteiger charge is 2.07. The van der Waals surface area contributed by atoms with E-state index in [2.05, 4.69) is 43.2 Å². The summed E-state index contributed by atoms with van der Waals surface area (Å²) in [5.74, 6) is 1.28. The fraction of sp³-hybridized carbons (Fsp3) is 0.316. The third-order valence-corrected chi connectivity index (χ3v) is 3.59. The Morgan fingerprint density at radius 3 is 2.58 bits per heavy atom. The van der Waals surface area contributed by atoms with Crippen molar-refractivity contribution in [2.24, 2.45) is 10.7 Å². The molecule has 2 aromatic rings. The Kier molecular flexibility index (Phi) is 8.60. The van der Waals surface area contributed by atoms with Gasteiger partial charge in [-0.05, 0) is 44.0 Å². The third kappa shape index (κ3) is 6.39. The number of para-hydroxylation sites is 1. The Balaban J connectivity index is 0.00000288. The number of hydrogen-bond acceptors (Lipinski definition) is 2. The second-order valence-corrected chi connectivity index (χ2v) is 5.64. The van der Waals surface area contributed by atoms with Gasteiger partial charge in [0.15, 0.2) is 5.96 Å². The number of nitrogens with zero attached hydrogens (tertiary/aromatic N) is 1. The summed E-state index contributed by atoms with van der Waals surface area (Å²) in [6, 6.07) is 15.9. The lowest BCUT2D eigenvalue weighted by molar-refractivity contribution is 0.215. The summed E-state index contributed by atoms with van der Waals surface area (Å²) < 4.78 is 6.00. The molecule has 5 heteroatoms. The van der Waals surface area contributed by atoms with E-state index in [0.29, 0.717) is 12.5 Å². The first-order valence-corrected chi connectivity index (χ1v) is 7.96. The van der Waals surface area contributed by atoms with Crippen LogP contribution in [0.15, 0.2) is 53.5 Å². The van der Waals surface area contributed by atoms with E-state index in [-0.39, 0.29) is 30.1 Å². The molecule has 0 aliphatic carbocycles. The topological polar surface area (TPSA) is 59.6 Å². The lowest BCUT2D eigenvalue weighted by atomic mass is 10.1. The molecule has 0 aromatic heterocycles. The van der Waals surface area contributed by atoms with Gasteiger partial charge in [-0.3, -0.25) is 0 Å². The van der Waals surface area contributed by atoms with Crippen LogP contribution >= 0.6 is 24.0 Å². The lowest BCUT2D eigenvalue weighted by Crippen LogP contribution is -2.22. The number of hydrogen-bond donors (Lipinski definition) is 2. The van der Waals surface area contributed by atoms with Gasteiger partial charge in [0.2, 0.25) is 0 Å². The van der Waals surface area contributed by atoms with Gasteiger partial charge in [0.1, 0.15) is 5.75 Å². The Bertz CT molecular complexity index is 659. The van der Waals surface area contributed by atoms with Crippen molar-refractivity contribution in [1.29, 1.82) is 0 Å². The smallest absolute Gasteiger partial charge is 0.193 e. The minimum atomic E-state index is 0. The predicted octanol–water partition coefficient (Wildman–Crippen LogP) is 4.72. The molecule has 2 aromatic carbocycles. The first-order valence-electron chi connectivity index (χ1n) is 7.96. The fourth-order valence-electron chi connectivity index (χ4n) is 2.08. The maximum atomic E-state index is 6.00. The van der Waals surface area contributed by atoms with Crippen molar-refractivity contribution in [1.82, 2.24) is 0 Å². The largest absolute Gasteiger partial charge is 0.490 e. The molecule has 0 aliphatic rings. The highest BCUT2D eigenvalue weighted by atomic mass is 127. The van der Waals surface area contributed by atoms with Gasteiger partial charge in [0, 0.05) is 11.3 Å². The minimum absolute atomic E-state index is 0. The van der Waals surface area contributed by atoms with Crippen LogP contribution in [0.2, 0.25) is 0 Å². The zero-order valence-electron chi connectivity index (χ0n) is 14.5. The van der Waals surface area contributed by atoms with Crippen LogP contribution in [0.1, 0.15) is 31.4 Å². The summed E-state index contributed by atoms with van der Waals surface area (Å²) in [4.78, 5) is 4.42. The molecule has 0 saturated carbocycles. The number of ether oxygens (including phenoxy) is 1. The van der Waals surface area contributed by atoms with Gasteiger partial charge < -0.3 is 15.8 Å². The average Bonchev–Trinajstić information content (AvgIpc) is 2.55. The monoisotopic (exact) mass is 439 g/mol. The highest BCUT2D eigenvalue weighted by molar-refractivity contribution is 14.0. The van der Waals surface area contributed by atoms with E-state index in [1.807, 2.05) is 36.4 Å². The first kappa shape index (κ1) is 20.3. The molecular weight excluding hydrogens is 413 g/mol. The molecule has 1 atom stereocenters. The van der Waals surface area contributed by atoms with Crippen LogP contribution in [0.5, 0.6) is 5.75 Å². The number of nitrogens with two attached hydrogens (primary N) is 1. The molecular formula is C19H26IN3O. The van der Waals surface area contributed by atoms with Crippen molar-refractivity contribution >= 4 is 35.6 Å². The molecule has 0 heterocycles. The SMILES string of the molecule is CCC(C)Oc1cc(C)ccc1CN=C(N)Nc1ccccc1.I. The van der Waals surface area contributed by atoms with Crippen LogP contribution in [0.4, 0.5) is 5.69 Å². The van der Waals surface area contributed by atoms with E-state index in [0.717, 1.165) is 23.4 Å². The molecule has 0 radical (unpaired) electrons. The van der Waals surface area contributed by atoms with E-state index in [9.17, 15) is 0 Å². The number of aryl methyl sites for hydroxylation is 1. The Morgan fingerprint density at radius 2 is 1.92 bits per heavy atom. The zero-order valence-corrected chi connectivity index (χ0v) is 16.8. The van der Waals surface area contributed by atoms with Crippen LogP contribution < -0.4 is 15.8 Å². The van der Waals surface area contributed by atoms with Crippen molar-refractivity contribution in [3.8, 4) is 5.75 Å². The number of anilines is 1. The molecule has 1 unspecified atom stereocenters. The lowest BCUT2D eigenvalue weighted by Gasteiger charge is -2.16. The summed E-state index contributed by atoms with van der Waals surface area (Å²) in [5.41, 5.74) is 9.09. The summed E-state index contributed by atoms with van der Waals surface area (Å²) in [6.45, 7) is 6.72. The van der Waals surface area contributed by atoms with Crippen molar-refractivity contribution in [2.75, 3.05) is 5.32 Å². The quantitative estimate of drug-likeness (QED) is 0.389. The second-order valence-electron chi connectivity index (χ2n) is 5.64. The Labute approximate surface area is 161 Å². The molecule has 24 heavy (non-hydrogen) atoms. The summed E-state index contributed by atoms with van der Waals surface area (Å²) in [6.07, 6.45) is 1.15. The van der Waals surface area contributed by atoms with Crippen molar-refractivity contribution in [3.05, 3.63) is 59.7 Å². The van der Waals surface area contributed by atoms with E-state index in [1.165, 1.54) is 5.56 Å². The maximum absolute atomic E-state index is 6.00. The van der Waals surface area contributed by atoms with Crippen LogP contribution in [0.25, 0.3) is 0 Å². The highest BCUT2D eigenvalue weighted by Crippen LogP contribution is 2.23. The van der Waals surface area contributed by atoms with E-state index in [4.69, 9.17) is 10.5 Å². The number of guanidine groups is 1. The molecule has 0 aliphatic heterocycles. The number of rotatable bonds is 6.